The standard InChI is InChI=1S/C17H10F5NO3S/c1-27(24,25)13-3-2-8(6-12(13)20)14-15(23-26-16(14)17(21)22)9-4-10(18)7-11(19)5-9/h2-7,17H,1H3. The molecule has 0 amide bonds. The first-order chi connectivity index (χ1) is 12.6. The van der Waals surface area contributed by atoms with Gasteiger partial charge in [-0.15, -0.1) is 0 Å². The number of sulfone groups is 1. The Kier molecular flexibility index (Phi) is 4.77. The van der Waals surface area contributed by atoms with Crippen molar-refractivity contribution in [2.45, 2.75) is 11.3 Å². The van der Waals surface area contributed by atoms with Crippen molar-refractivity contribution in [2.75, 3.05) is 6.26 Å². The summed E-state index contributed by atoms with van der Waals surface area (Å²) in [5.74, 6) is -4.07. The predicted octanol–water partition coefficient (Wildman–Crippen LogP) is 4.77. The number of rotatable bonds is 4. The van der Waals surface area contributed by atoms with Gasteiger partial charge in [0.25, 0.3) is 6.43 Å². The molecule has 4 nitrogen and oxygen atoms in total. The Morgan fingerprint density at radius 3 is 2.11 bits per heavy atom. The topological polar surface area (TPSA) is 60.2 Å². The lowest BCUT2D eigenvalue weighted by Crippen LogP contribution is -2.01. The quantitative estimate of drug-likeness (QED) is 0.589. The molecule has 0 saturated carbocycles. The van der Waals surface area contributed by atoms with Crippen LogP contribution in [0.2, 0.25) is 0 Å². The fourth-order valence-corrected chi connectivity index (χ4v) is 3.30. The third kappa shape index (κ3) is 3.70. The highest BCUT2D eigenvalue weighted by Crippen LogP contribution is 2.40. The average molecular weight is 403 g/mol. The molecule has 1 heterocycles. The second-order valence-corrected chi connectivity index (χ2v) is 7.63. The second kappa shape index (κ2) is 6.76. The Labute approximate surface area is 150 Å². The van der Waals surface area contributed by atoms with Gasteiger partial charge in [0.05, 0.1) is 5.56 Å². The molecule has 27 heavy (non-hydrogen) atoms. The van der Waals surface area contributed by atoms with E-state index in [1.807, 2.05) is 0 Å². The van der Waals surface area contributed by atoms with E-state index in [2.05, 4.69) is 9.68 Å². The lowest BCUT2D eigenvalue weighted by molar-refractivity contribution is 0.113. The molecule has 0 saturated heterocycles. The fraction of sp³-hybridized carbons (Fsp3) is 0.118. The molecule has 0 bridgehead atoms. The molecule has 142 valence electrons. The first-order valence-corrected chi connectivity index (χ1v) is 9.21. The number of alkyl halides is 2. The van der Waals surface area contributed by atoms with Crippen LogP contribution < -0.4 is 0 Å². The minimum absolute atomic E-state index is 0.184. The Hall–Kier alpha value is -2.75. The maximum atomic E-state index is 14.2. The zero-order valence-corrected chi connectivity index (χ0v) is 14.3. The molecule has 0 aliphatic heterocycles. The third-order valence-electron chi connectivity index (χ3n) is 3.67. The van der Waals surface area contributed by atoms with Gasteiger partial charge in [0, 0.05) is 17.9 Å². The number of nitrogens with zero attached hydrogens (tertiary/aromatic N) is 1. The van der Waals surface area contributed by atoms with Crippen molar-refractivity contribution in [1.29, 1.82) is 0 Å². The number of aromatic nitrogens is 1. The van der Waals surface area contributed by atoms with Gasteiger partial charge in [-0.3, -0.25) is 0 Å². The van der Waals surface area contributed by atoms with E-state index in [1.165, 1.54) is 0 Å². The van der Waals surface area contributed by atoms with Crippen molar-refractivity contribution < 1.29 is 34.9 Å². The van der Waals surface area contributed by atoms with Gasteiger partial charge >= 0.3 is 0 Å². The number of hydrogen-bond acceptors (Lipinski definition) is 4. The van der Waals surface area contributed by atoms with Crippen LogP contribution in [0.15, 0.2) is 45.8 Å². The Morgan fingerprint density at radius 2 is 1.59 bits per heavy atom. The summed E-state index contributed by atoms with van der Waals surface area (Å²) in [4.78, 5) is -0.625. The van der Waals surface area contributed by atoms with E-state index in [1.54, 1.807) is 0 Å². The van der Waals surface area contributed by atoms with E-state index in [0.717, 1.165) is 30.5 Å². The molecule has 1 aromatic heterocycles. The van der Waals surface area contributed by atoms with Gasteiger partial charge < -0.3 is 4.52 Å². The molecule has 10 heteroatoms. The Bertz CT molecular complexity index is 1110. The highest BCUT2D eigenvalue weighted by molar-refractivity contribution is 7.90. The number of hydrogen-bond donors (Lipinski definition) is 0. The lowest BCUT2D eigenvalue weighted by atomic mass is 9.99. The molecule has 0 radical (unpaired) electrons. The summed E-state index contributed by atoms with van der Waals surface area (Å²) < 4.78 is 95.4. The molecular formula is C17H10F5NO3S. The van der Waals surface area contributed by atoms with Crippen LogP contribution in [-0.4, -0.2) is 19.8 Å². The van der Waals surface area contributed by atoms with Crippen molar-refractivity contribution in [3.8, 4) is 22.4 Å². The van der Waals surface area contributed by atoms with Crippen LogP contribution in [0.5, 0.6) is 0 Å². The molecule has 0 aliphatic rings. The monoisotopic (exact) mass is 403 g/mol. The summed E-state index contributed by atoms with van der Waals surface area (Å²) in [5.41, 5.74) is -1.12. The highest BCUT2D eigenvalue weighted by atomic mass is 32.2. The van der Waals surface area contributed by atoms with Crippen molar-refractivity contribution in [1.82, 2.24) is 5.16 Å². The molecule has 0 spiro atoms. The third-order valence-corrected chi connectivity index (χ3v) is 4.80. The maximum Gasteiger partial charge on any atom is 0.298 e. The van der Waals surface area contributed by atoms with Crippen molar-refractivity contribution in [2.24, 2.45) is 0 Å². The van der Waals surface area contributed by atoms with Gasteiger partial charge in [0.1, 0.15) is 28.0 Å². The molecule has 2 aromatic carbocycles. The summed E-state index contributed by atoms with van der Waals surface area (Å²) in [7, 11) is -3.88. The lowest BCUT2D eigenvalue weighted by Gasteiger charge is -2.07. The van der Waals surface area contributed by atoms with Crippen LogP contribution in [0, 0.1) is 17.5 Å². The largest absolute Gasteiger partial charge is 0.354 e. The van der Waals surface area contributed by atoms with Crippen molar-refractivity contribution in [3.05, 3.63) is 59.6 Å². The van der Waals surface area contributed by atoms with Crippen LogP contribution >= 0.6 is 0 Å². The first-order valence-electron chi connectivity index (χ1n) is 7.32. The summed E-state index contributed by atoms with van der Waals surface area (Å²) in [6.07, 6.45) is -2.37. The van der Waals surface area contributed by atoms with Gasteiger partial charge in [-0.05, 0) is 29.8 Å². The van der Waals surface area contributed by atoms with Gasteiger partial charge in [-0.25, -0.2) is 30.4 Å². The van der Waals surface area contributed by atoms with E-state index in [0.29, 0.717) is 12.1 Å². The number of benzene rings is 2. The smallest absolute Gasteiger partial charge is 0.298 e. The van der Waals surface area contributed by atoms with E-state index in [9.17, 15) is 30.4 Å². The van der Waals surface area contributed by atoms with Crippen LogP contribution in [0.1, 0.15) is 12.2 Å². The average Bonchev–Trinajstić information content (AvgIpc) is 2.97. The van der Waals surface area contributed by atoms with E-state index >= 15 is 0 Å². The predicted molar refractivity (Wildman–Crippen MR) is 85.3 cm³/mol. The molecule has 0 N–H and O–H groups in total. The molecule has 3 aromatic rings. The molecule has 0 unspecified atom stereocenters. The minimum atomic E-state index is -3.88. The minimum Gasteiger partial charge on any atom is -0.354 e. The van der Waals surface area contributed by atoms with Crippen LogP contribution in [0.3, 0.4) is 0 Å². The molecule has 3 rings (SSSR count). The van der Waals surface area contributed by atoms with E-state index in [-0.39, 0.29) is 16.8 Å². The van der Waals surface area contributed by atoms with Crippen LogP contribution in [-0.2, 0) is 9.84 Å². The van der Waals surface area contributed by atoms with Crippen LogP contribution in [0.25, 0.3) is 22.4 Å². The van der Waals surface area contributed by atoms with Gasteiger partial charge in [-0.1, -0.05) is 11.2 Å². The Morgan fingerprint density at radius 1 is 0.963 bits per heavy atom. The molecular weight excluding hydrogens is 393 g/mol. The van der Waals surface area contributed by atoms with Gasteiger partial charge in [0.15, 0.2) is 9.84 Å². The van der Waals surface area contributed by atoms with Gasteiger partial charge in [0.2, 0.25) is 5.76 Å². The molecule has 0 fully saturated rings. The number of halogens is 5. The van der Waals surface area contributed by atoms with E-state index < -0.39 is 49.9 Å². The second-order valence-electron chi connectivity index (χ2n) is 5.65. The molecule has 0 atom stereocenters. The van der Waals surface area contributed by atoms with E-state index in [4.69, 9.17) is 0 Å². The summed E-state index contributed by atoms with van der Waals surface area (Å²) >= 11 is 0. The Balaban J connectivity index is 2.26. The summed E-state index contributed by atoms with van der Waals surface area (Å²) in [5, 5.41) is 3.44. The first kappa shape index (κ1) is 19.0. The van der Waals surface area contributed by atoms with Crippen molar-refractivity contribution in [3.63, 3.8) is 0 Å². The molecule has 0 aliphatic carbocycles. The fourth-order valence-electron chi connectivity index (χ4n) is 2.58. The summed E-state index contributed by atoms with van der Waals surface area (Å²) in [6.45, 7) is 0. The zero-order chi connectivity index (χ0) is 19.9. The normalized spacial score (nSPS) is 12.0. The SMILES string of the molecule is CS(=O)(=O)c1ccc(-c2c(-c3cc(F)cc(F)c3)noc2C(F)F)cc1F. The van der Waals surface area contributed by atoms with Gasteiger partial charge in [-0.2, -0.15) is 0 Å². The van der Waals surface area contributed by atoms with Crippen molar-refractivity contribution >= 4 is 9.84 Å². The maximum absolute atomic E-state index is 14.2. The highest BCUT2D eigenvalue weighted by Gasteiger charge is 2.27. The zero-order valence-electron chi connectivity index (χ0n) is 13.5. The van der Waals surface area contributed by atoms with Crippen LogP contribution in [0.4, 0.5) is 22.0 Å². The summed E-state index contributed by atoms with van der Waals surface area (Å²) in [6, 6.07) is 4.98.